The molecule has 0 radical (unpaired) electrons. The number of aryl methyl sites for hydroxylation is 1. The summed E-state index contributed by atoms with van der Waals surface area (Å²) in [6.45, 7) is 51.7. The van der Waals surface area contributed by atoms with Gasteiger partial charge in [0.05, 0.1) is 43.2 Å². The number of aromatic nitrogens is 2. The number of hydrogen-bond acceptors (Lipinski definition) is 16. The van der Waals surface area contributed by atoms with Crippen molar-refractivity contribution >= 4 is 35.4 Å². The summed E-state index contributed by atoms with van der Waals surface area (Å²) in [5, 5.41) is 17.7. The summed E-state index contributed by atoms with van der Waals surface area (Å²) in [6.07, 6.45) is 53.6. The third kappa shape index (κ3) is 39.2. The Balaban J connectivity index is 0.000000185. The molecule has 18 fully saturated rings. The summed E-state index contributed by atoms with van der Waals surface area (Å²) in [5.41, 5.74) is 26.5. The number of fused-ring (bicyclic) bond motifs is 3. The van der Waals surface area contributed by atoms with Crippen LogP contribution in [0, 0.1) is 117 Å². The number of carbonyl (C=O) groups is 6. The number of methoxy groups -OCH3 is 2. The van der Waals surface area contributed by atoms with E-state index in [1.165, 1.54) is 256 Å². The van der Waals surface area contributed by atoms with E-state index in [2.05, 4.69) is 176 Å². The number of nitrogens with two attached hydrogens (primary N) is 3. The molecule has 14 aliphatic carbocycles. The molecule has 4 aliphatic heterocycles. The normalized spacial score (nSPS) is 32.3. The van der Waals surface area contributed by atoms with Crippen LogP contribution in [0.4, 0.5) is 0 Å². The molecule has 138 heavy (non-hydrogen) atoms. The van der Waals surface area contributed by atoms with Crippen LogP contribution in [0.5, 0.6) is 0 Å². The number of amides is 1. The Kier molecular flexibility index (Phi) is 47.4. The number of hydrogen-bond donors (Lipinski definition) is 5. The lowest BCUT2D eigenvalue weighted by atomic mass is 9.36. The maximum Gasteiger partial charge on any atom is 0.337 e. The van der Waals surface area contributed by atoms with E-state index in [4.69, 9.17) is 27.4 Å². The number of nitrogens with zero attached hydrogens (tertiary/aromatic N) is 6. The minimum Gasteiger partial charge on any atom is -0.513 e. The summed E-state index contributed by atoms with van der Waals surface area (Å²) in [6, 6.07) is 25.0. The molecule has 19 heteroatoms. The molecular formula is C119H197N9O10. The monoisotopic (exact) mass is 1910 g/mol. The number of ketones is 2. The highest BCUT2D eigenvalue weighted by Crippen LogP contribution is 2.73. The summed E-state index contributed by atoms with van der Waals surface area (Å²) in [7, 11) is 5.08. The van der Waals surface area contributed by atoms with Crippen LogP contribution < -0.4 is 17.2 Å². The van der Waals surface area contributed by atoms with Crippen LogP contribution in [0.25, 0.3) is 5.69 Å². The van der Waals surface area contributed by atoms with Gasteiger partial charge in [-0.2, -0.15) is 0 Å². The number of aliphatic hydroxyl groups is 1. The summed E-state index contributed by atoms with van der Waals surface area (Å²) >= 11 is 0. The zero-order valence-corrected chi connectivity index (χ0v) is 90.6. The lowest BCUT2D eigenvalue weighted by molar-refractivity contribution is -0.215. The van der Waals surface area contributed by atoms with Crippen molar-refractivity contribution in [3.63, 3.8) is 0 Å². The van der Waals surface area contributed by atoms with Crippen molar-refractivity contribution < 1.29 is 48.5 Å². The molecular weight excluding hydrogens is 1720 g/mol. The number of carboxylic acids is 1. The number of allylic oxidation sites excluding steroid dienone is 1. The first-order valence-corrected chi connectivity index (χ1v) is 54.9. The van der Waals surface area contributed by atoms with Gasteiger partial charge in [0.1, 0.15) is 5.78 Å². The van der Waals surface area contributed by atoms with Crippen molar-refractivity contribution in [2.24, 2.45) is 127 Å². The van der Waals surface area contributed by atoms with E-state index in [1.807, 2.05) is 52.1 Å². The van der Waals surface area contributed by atoms with E-state index < -0.39 is 5.97 Å². The predicted molar refractivity (Wildman–Crippen MR) is 568 cm³/mol. The van der Waals surface area contributed by atoms with Gasteiger partial charge in [0.2, 0.25) is 5.91 Å². The number of likely N-dealkylation sites (tertiary alicyclic amines) is 4. The Morgan fingerprint density at radius 1 is 0.464 bits per heavy atom. The van der Waals surface area contributed by atoms with Crippen LogP contribution in [0.15, 0.2) is 104 Å². The molecule has 3 aromatic carbocycles. The largest absolute Gasteiger partial charge is 0.513 e. The van der Waals surface area contributed by atoms with Gasteiger partial charge in [-0.05, 0) is 427 Å². The first kappa shape index (κ1) is 117. The summed E-state index contributed by atoms with van der Waals surface area (Å²) in [5.74, 6) is 11.7. The molecule has 5 heterocycles. The van der Waals surface area contributed by atoms with Gasteiger partial charge in [-0.1, -0.05) is 157 Å². The van der Waals surface area contributed by atoms with Gasteiger partial charge >= 0.3 is 17.9 Å². The number of Topliss-reactive ketones (excluding diaryl/α,β-unsaturated/α-hetero) is 2. The maximum absolute atomic E-state index is 11.3. The number of piperidine rings is 4. The Hall–Kier alpha value is -6.61. The number of benzene rings is 3. The molecule has 19 nitrogen and oxygen atoms in total. The Morgan fingerprint density at radius 3 is 1.22 bits per heavy atom. The highest BCUT2D eigenvalue weighted by Gasteiger charge is 2.69. The van der Waals surface area contributed by atoms with E-state index in [1.54, 1.807) is 33.3 Å². The first-order chi connectivity index (χ1) is 65.2. The van der Waals surface area contributed by atoms with E-state index in [9.17, 15) is 28.8 Å². The number of esters is 2. The number of aliphatic carboxylic acids is 1. The maximum atomic E-state index is 11.3. The van der Waals surface area contributed by atoms with Crippen LogP contribution in [0.2, 0.25) is 0 Å². The third-order valence-corrected chi connectivity index (χ3v) is 34.6. The smallest absolute Gasteiger partial charge is 0.337 e. The fourth-order valence-electron chi connectivity index (χ4n) is 25.3. The van der Waals surface area contributed by atoms with Crippen molar-refractivity contribution in [3.8, 4) is 5.69 Å². The zero-order chi connectivity index (χ0) is 101. The molecule has 778 valence electrons. The van der Waals surface area contributed by atoms with Crippen molar-refractivity contribution in [1.82, 2.24) is 29.2 Å². The van der Waals surface area contributed by atoms with Gasteiger partial charge in [0.25, 0.3) is 0 Å². The topological polar surface area (TPSA) is 270 Å². The van der Waals surface area contributed by atoms with Gasteiger partial charge in [0, 0.05) is 86.2 Å². The lowest BCUT2D eigenvalue weighted by Gasteiger charge is -2.66. The van der Waals surface area contributed by atoms with Crippen molar-refractivity contribution in [2.45, 2.75) is 392 Å². The molecule has 8 N–H and O–H groups in total. The second-order valence-corrected chi connectivity index (χ2v) is 49.0. The van der Waals surface area contributed by atoms with E-state index in [-0.39, 0.29) is 40.5 Å². The first-order valence-electron chi connectivity index (χ1n) is 54.9. The average molecular weight is 1910 g/mol. The SMILES string of the molecule is C=C(O)C1CC2(CC(C)C2)C1.CC(=O)C1CC[C@H](C)C1.CC(=O)N1CCC(N)CC1.CC12CC(C(=O)O)(C1)C2.CC12CCC(N)(CC1)CC2.CC1CC(C)C1.CC1CC2(C1)CC(C)C2.CC1CCN(C)CC1.CCC1CCN(Cc2ccc(C(C)=O)cc2)CC1.COC(=O)C1CCC(C)CC1.COC(=O)c1ccc(CN2CCC(C)CC2)cc1.C[C@H]1CCC(N)C1.Cc1ccc(-n2ccnc2)cc1. The van der Waals surface area contributed by atoms with E-state index >= 15 is 0 Å². The number of ether oxygens (including phenoxy) is 2. The van der Waals surface area contributed by atoms with Crippen LogP contribution in [-0.4, -0.2) is 166 Å². The number of carboxylic acid groups (broad SMARTS) is 1. The lowest BCUT2D eigenvalue weighted by Crippen LogP contribution is -2.63. The number of aliphatic hydroxyl groups excluding tert-OH is 1. The Labute approximate surface area is 838 Å². The number of rotatable bonds is 12. The molecule has 4 aromatic rings. The molecule has 14 saturated carbocycles. The highest BCUT2D eigenvalue weighted by molar-refractivity contribution is 5.94. The zero-order valence-electron chi connectivity index (χ0n) is 90.6. The molecule has 2 unspecified atom stereocenters. The van der Waals surface area contributed by atoms with Crippen LogP contribution in [0.3, 0.4) is 0 Å². The van der Waals surface area contributed by atoms with E-state index in [0.717, 1.165) is 166 Å². The number of carbonyl (C=O) groups excluding carboxylic acids is 5. The molecule has 4 atom stereocenters. The second kappa shape index (κ2) is 56.0. The van der Waals surface area contributed by atoms with Gasteiger partial charge in [-0.25, -0.2) is 9.78 Å². The van der Waals surface area contributed by atoms with Gasteiger partial charge in [0.15, 0.2) is 5.78 Å². The summed E-state index contributed by atoms with van der Waals surface area (Å²) in [4.78, 5) is 78.9. The van der Waals surface area contributed by atoms with Crippen molar-refractivity contribution in [3.05, 3.63) is 132 Å². The van der Waals surface area contributed by atoms with Crippen molar-refractivity contribution in [2.75, 3.05) is 73.6 Å². The van der Waals surface area contributed by atoms with E-state index in [0.29, 0.717) is 57.3 Å². The fraction of sp³-hybridized carbons (Fsp3) is 0.756. The molecule has 1 aromatic heterocycles. The predicted octanol–water partition coefficient (Wildman–Crippen LogP) is 25.9. The van der Waals surface area contributed by atoms with Crippen LogP contribution in [0.1, 0.15) is 392 Å². The quantitative estimate of drug-likeness (QED) is 0.0501. The molecule has 22 rings (SSSR count). The van der Waals surface area contributed by atoms with Gasteiger partial charge in [-0.3, -0.25) is 33.8 Å². The second-order valence-electron chi connectivity index (χ2n) is 49.0. The molecule has 2 spiro atoms. The Morgan fingerprint density at radius 2 is 0.899 bits per heavy atom. The third-order valence-electron chi connectivity index (χ3n) is 34.6. The van der Waals surface area contributed by atoms with Gasteiger partial charge in [-0.15, -0.1) is 0 Å². The summed E-state index contributed by atoms with van der Waals surface area (Å²) < 4.78 is 11.4. The van der Waals surface area contributed by atoms with Gasteiger partial charge < -0.3 is 51.3 Å². The van der Waals surface area contributed by atoms with Crippen LogP contribution in [-0.2, 0) is 41.7 Å². The minimum absolute atomic E-state index is 0.0168. The molecule has 18 aliphatic rings. The molecule has 4 bridgehead atoms. The Bertz CT molecular complexity index is 4100. The van der Waals surface area contributed by atoms with Crippen molar-refractivity contribution in [1.29, 1.82) is 0 Å². The number of imidazole rings is 1. The molecule has 4 saturated heterocycles. The fourth-order valence-corrected chi connectivity index (χ4v) is 25.3. The highest BCUT2D eigenvalue weighted by atomic mass is 16.5. The standard InChI is InChI=1S/C16H23NO.C15H21NO2.C10H10N2.C10H16O.C9H17N.C9H16O2.C9H16.C8H14O.C7H14N2O.C7H15N.C7H10O2.C6H13N.C6H12/c1-3-14-8-10-17(11-9-14)12-15-4-6-16(7-5-15)13(2)18;1-12-7-9-16(10-8-12)11-13-3-5-14(6-4-13)15(17)18-2;1-9-2-4-10(5-3-9)12-7-6-11-8-12;1-7-3-10(4-7)5-9(6-10)8(2)11;1-8-2-5-9(10,6-3-8)7-4-8;1-7-3-5-8(6-4-7)9(10)11-2;1-7-3-9(4-7)5-8(2)6-9;1-6-3-4-8(5-6)7(2)9;1-6(10)9-4-2-7(8)3-5-9;1-7-3-5-8(2)6-4-7;1-6-2-7(3-6,4-6)5(8)9;1-5-2-3-6(7)4-5;1-5-3-6(2)4-5/h4-7,14H,3,8-12H2,1-2H3;3-6,12H,7-11H2,1-2H3;2-8H,1H3;7,9,11H,2-6H2,1H3;2-7,10H2,1H3;7-8H,3-6H2,1-2H3;7-8H,3-6H2,1-2H3;6,8H,3-5H2,1-2H3;7H,2-5,8H2,1H3;7H,3-6H2,1-2H3;2-4H2,1H3,(H,8,9);5-6H,2-4,7H2,1H3;5-6H,3-4H2,1-2H3/t;;;;;;;6-,8?;;;;5-,6?;/m.......0...0./s1. The molecule has 1 amide bonds. The minimum atomic E-state index is -0.578. The average Bonchev–Trinajstić information content (AvgIpc) is 0.745. The van der Waals surface area contributed by atoms with Crippen LogP contribution >= 0.6 is 0 Å².